The largest absolute Gasteiger partial charge is 0.312 e. The van der Waals surface area contributed by atoms with Crippen LogP contribution in [0.1, 0.15) is 54.6 Å². The van der Waals surface area contributed by atoms with E-state index in [1.807, 2.05) is 11.3 Å². The highest BCUT2D eigenvalue weighted by atomic mass is 32.2. The number of thiazole rings is 1. The molecule has 1 heterocycles. The van der Waals surface area contributed by atoms with Gasteiger partial charge >= 0.3 is 0 Å². The summed E-state index contributed by atoms with van der Waals surface area (Å²) in [7, 11) is 0. The Morgan fingerprint density at radius 1 is 1.33 bits per heavy atom. The Hall–Kier alpha value is -0.0600. The summed E-state index contributed by atoms with van der Waals surface area (Å²) in [6.07, 6.45) is 7.14. The Labute approximate surface area is 119 Å². The standard InChI is InChI=1S/C14H24N2S2/c1-3-15-9-13-11(2)16-14(18-13)10-17-12-7-5-4-6-8-12/h12,15H,3-10H2,1-2H3. The van der Waals surface area contributed by atoms with E-state index in [9.17, 15) is 0 Å². The van der Waals surface area contributed by atoms with Crippen molar-refractivity contribution in [1.82, 2.24) is 10.3 Å². The first-order chi connectivity index (χ1) is 8.79. The van der Waals surface area contributed by atoms with Crippen molar-refractivity contribution in [2.24, 2.45) is 0 Å². The van der Waals surface area contributed by atoms with Crippen molar-refractivity contribution in [3.8, 4) is 0 Å². The Balaban J connectivity index is 1.81. The fourth-order valence-corrected chi connectivity index (χ4v) is 4.76. The minimum Gasteiger partial charge on any atom is -0.312 e. The van der Waals surface area contributed by atoms with Crippen LogP contribution in [-0.2, 0) is 12.3 Å². The molecular weight excluding hydrogens is 260 g/mol. The lowest BCUT2D eigenvalue weighted by Crippen LogP contribution is -2.11. The predicted octanol–water partition coefficient (Wildman–Crippen LogP) is 4.13. The molecule has 0 spiro atoms. The molecule has 0 atom stereocenters. The van der Waals surface area contributed by atoms with E-state index in [2.05, 4.69) is 30.9 Å². The van der Waals surface area contributed by atoms with Crippen LogP contribution in [0.3, 0.4) is 0 Å². The van der Waals surface area contributed by atoms with Crippen LogP contribution in [0.5, 0.6) is 0 Å². The highest BCUT2D eigenvalue weighted by molar-refractivity contribution is 7.99. The van der Waals surface area contributed by atoms with E-state index < -0.39 is 0 Å². The number of aryl methyl sites for hydroxylation is 1. The molecule has 1 aliphatic rings. The predicted molar refractivity (Wildman–Crippen MR) is 82.4 cm³/mol. The highest BCUT2D eigenvalue weighted by Gasteiger charge is 2.15. The summed E-state index contributed by atoms with van der Waals surface area (Å²) >= 11 is 4.02. The van der Waals surface area contributed by atoms with Gasteiger partial charge in [0.15, 0.2) is 0 Å². The molecule has 1 saturated carbocycles. The van der Waals surface area contributed by atoms with Gasteiger partial charge < -0.3 is 5.32 Å². The van der Waals surface area contributed by atoms with E-state index in [-0.39, 0.29) is 0 Å². The second-order valence-electron chi connectivity index (χ2n) is 4.97. The summed E-state index contributed by atoms with van der Waals surface area (Å²) in [6, 6.07) is 0. The summed E-state index contributed by atoms with van der Waals surface area (Å²) in [5.41, 5.74) is 1.22. The number of nitrogens with one attached hydrogen (secondary N) is 1. The van der Waals surface area contributed by atoms with Crippen molar-refractivity contribution in [1.29, 1.82) is 0 Å². The highest BCUT2D eigenvalue weighted by Crippen LogP contribution is 2.31. The Bertz CT molecular complexity index is 357. The molecule has 0 radical (unpaired) electrons. The van der Waals surface area contributed by atoms with Gasteiger partial charge in [0.1, 0.15) is 5.01 Å². The van der Waals surface area contributed by atoms with Crippen LogP contribution in [0.25, 0.3) is 0 Å². The molecule has 0 saturated heterocycles. The summed E-state index contributed by atoms with van der Waals surface area (Å²) in [5, 5.41) is 5.59. The summed E-state index contributed by atoms with van der Waals surface area (Å²) in [6.45, 7) is 6.30. The van der Waals surface area contributed by atoms with E-state index in [1.54, 1.807) is 0 Å². The number of nitrogens with zero attached hydrogens (tertiary/aromatic N) is 1. The van der Waals surface area contributed by atoms with Gasteiger partial charge in [-0.3, -0.25) is 0 Å². The zero-order valence-electron chi connectivity index (χ0n) is 11.5. The lowest BCUT2D eigenvalue weighted by atomic mass is 10.0. The molecule has 102 valence electrons. The molecule has 0 amide bonds. The molecule has 18 heavy (non-hydrogen) atoms. The molecule has 1 aromatic rings. The summed E-state index contributed by atoms with van der Waals surface area (Å²) in [5.74, 6) is 1.11. The van der Waals surface area contributed by atoms with Crippen molar-refractivity contribution < 1.29 is 0 Å². The average Bonchev–Trinajstić information content (AvgIpc) is 2.76. The van der Waals surface area contributed by atoms with Crippen molar-refractivity contribution in [2.45, 2.75) is 63.5 Å². The van der Waals surface area contributed by atoms with Gasteiger partial charge in [-0.25, -0.2) is 4.98 Å². The molecule has 1 fully saturated rings. The van der Waals surface area contributed by atoms with Crippen LogP contribution in [0.4, 0.5) is 0 Å². The second kappa shape index (κ2) is 7.51. The van der Waals surface area contributed by atoms with Crippen LogP contribution >= 0.6 is 23.1 Å². The molecule has 1 aliphatic carbocycles. The number of thioether (sulfide) groups is 1. The molecule has 1 N–H and O–H groups in total. The number of hydrogen-bond donors (Lipinski definition) is 1. The van der Waals surface area contributed by atoms with Crippen LogP contribution in [0.2, 0.25) is 0 Å². The SMILES string of the molecule is CCNCc1sc(CSC2CCCCC2)nc1C. The zero-order valence-corrected chi connectivity index (χ0v) is 13.1. The van der Waals surface area contributed by atoms with Gasteiger partial charge in [-0.15, -0.1) is 11.3 Å². The molecule has 0 aliphatic heterocycles. The molecule has 2 nitrogen and oxygen atoms in total. The van der Waals surface area contributed by atoms with Crippen LogP contribution < -0.4 is 5.32 Å². The zero-order chi connectivity index (χ0) is 12.8. The number of hydrogen-bond acceptors (Lipinski definition) is 4. The Kier molecular flexibility index (Phi) is 5.99. The van der Waals surface area contributed by atoms with E-state index in [1.165, 1.54) is 47.7 Å². The first kappa shape index (κ1) is 14.4. The molecule has 2 rings (SSSR count). The van der Waals surface area contributed by atoms with Crippen LogP contribution in [0, 0.1) is 6.92 Å². The maximum atomic E-state index is 4.71. The van der Waals surface area contributed by atoms with Gasteiger partial charge in [0.25, 0.3) is 0 Å². The molecule has 4 heteroatoms. The Morgan fingerprint density at radius 3 is 2.83 bits per heavy atom. The van der Waals surface area contributed by atoms with E-state index >= 15 is 0 Å². The third-order valence-corrected chi connectivity index (χ3v) is 6.19. The minimum absolute atomic E-state index is 0.889. The second-order valence-corrected chi connectivity index (χ2v) is 7.42. The molecule has 0 unspecified atom stereocenters. The monoisotopic (exact) mass is 284 g/mol. The molecule has 0 bridgehead atoms. The molecule has 0 aromatic carbocycles. The van der Waals surface area contributed by atoms with Gasteiger partial charge in [0, 0.05) is 22.4 Å². The Morgan fingerprint density at radius 2 is 2.11 bits per heavy atom. The first-order valence-electron chi connectivity index (χ1n) is 7.07. The van der Waals surface area contributed by atoms with Crippen molar-refractivity contribution in [3.63, 3.8) is 0 Å². The van der Waals surface area contributed by atoms with Gasteiger partial charge in [0.05, 0.1) is 5.69 Å². The first-order valence-corrected chi connectivity index (χ1v) is 8.93. The lowest BCUT2D eigenvalue weighted by Gasteiger charge is -2.20. The quantitative estimate of drug-likeness (QED) is 0.850. The summed E-state index contributed by atoms with van der Waals surface area (Å²) < 4.78 is 0. The third-order valence-electron chi connectivity index (χ3n) is 3.47. The van der Waals surface area contributed by atoms with Gasteiger partial charge in [-0.1, -0.05) is 26.2 Å². The molecular formula is C14H24N2S2. The molecule has 1 aromatic heterocycles. The number of rotatable bonds is 6. The number of aromatic nitrogens is 1. The lowest BCUT2D eigenvalue weighted by molar-refractivity contribution is 0.516. The van der Waals surface area contributed by atoms with Gasteiger partial charge in [-0.05, 0) is 26.3 Å². The van der Waals surface area contributed by atoms with Gasteiger partial charge in [0.2, 0.25) is 0 Å². The maximum absolute atomic E-state index is 4.71. The fourth-order valence-electron chi connectivity index (χ4n) is 2.37. The topological polar surface area (TPSA) is 24.9 Å². The van der Waals surface area contributed by atoms with E-state index in [4.69, 9.17) is 4.98 Å². The average molecular weight is 284 g/mol. The van der Waals surface area contributed by atoms with Crippen molar-refractivity contribution >= 4 is 23.1 Å². The van der Waals surface area contributed by atoms with E-state index in [0.717, 1.165) is 24.1 Å². The van der Waals surface area contributed by atoms with Gasteiger partial charge in [-0.2, -0.15) is 11.8 Å². The van der Waals surface area contributed by atoms with Crippen LogP contribution in [0.15, 0.2) is 0 Å². The van der Waals surface area contributed by atoms with Crippen molar-refractivity contribution in [3.05, 3.63) is 15.6 Å². The normalized spacial score (nSPS) is 17.2. The minimum atomic E-state index is 0.889. The maximum Gasteiger partial charge on any atom is 0.103 e. The van der Waals surface area contributed by atoms with Crippen LogP contribution in [-0.4, -0.2) is 16.8 Å². The fraction of sp³-hybridized carbons (Fsp3) is 0.786. The van der Waals surface area contributed by atoms with Crippen molar-refractivity contribution in [2.75, 3.05) is 6.54 Å². The summed E-state index contributed by atoms with van der Waals surface area (Å²) in [4.78, 5) is 6.12. The van der Waals surface area contributed by atoms with E-state index in [0.29, 0.717) is 0 Å². The third kappa shape index (κ3) is 4.25. The smallest absolute Gasteiger partial charge is 0.103 e.